The van der Waals surface area contributed by atoms with Crippen LogP contribution in [0.4, 0.5) is 0 Å². The lowest BCUT2D eigenvalue weighted by Gasteiger charge is -2.41. The van der Waals surface area contributed by atoms with Gasteiger partial charge in [-0.05, 0) is 36.8 Å². The van der Waals surface area contributed by atoms with Crippen LogP contribution in [0.25, 0.3) is 0 Å². The van der Waals surface area contributed by atoms with E-state index in [1.54, 1.807) is 18.2 Å². The number of rotatable bonds is 4. The number of methoxy groups -OCH3 is 1. The number of nitrogens with one attached hydrogen (secondary N) is 1. The molecule has 2 amide bonds. The van der Waals surface area contributed by atoms with Gasteiger partial charge in [0.25, 0.3) is 5.91 Å². The fourth-order valence-electron chi connectivity index (χ4n) is 4.02. The van der Waals surface area contributed by atoms with Gasteiger partial charge in [-0.3, -0.25) is 9.59 Å². The number of hydrogen-bond donors (Lipinski definition) is 1. The molecule has 3 rings (SSSR count). The lowest BCUT2D eigenvalue weighted by molar-refractivity contribution is -0.133. The summed E-state index contributed by atoms with van der Waals surface area (Å²) in [5.74, 6) is 1.72. The number of para-hydroxylation sites is 1. The molecule has 2 fully saturated rings. The van der Waals surface area contributed by atoms with E-state index in [9.17, 15) is 9.59 Å². The first-order valence-electron chi connectivity index (χ1n) is 8.88. The van der Waals surface area contributed by atoms with Crippen LogP contribution >= 0.6 is 0 Å². The second-order valence-electron chi connectivity index (χ2n) is 6.82. The van der Waals surface area contributed by atoms with Crippen LogP contribution in [0.1, 0.15) is 42.5 Å². The van der Waals surface area contributed by atoms with Crippen molar-refractivity contribution in [3.8, 4) is 5.75 Å². The SMILES string of the molecule is COc1ccccc1C(=O)NCC(=O)N1CC[C@H]2CCCC[C@H]2C1. The Morgan fingerprint density at radius 3 is 2.71 bits per heavy atom. The maximum atomic E-state index is 12.4. The first kappa shape index (κ1) is 16.8. The molecule has 24 heavy (non-hydrogen) atoms. The Morgan fingerprint density at radius 2 is 1.92 bits per heavy atom. The van der Waals surface area contributed by atoms with Gasteiger partial charge >= 0.3 is 0 Å². The minimum Gasteiger partial charge on any atom is -0.496 e. The van der Waals surface area contributed by atoms with Gasteiger partial charge in [0, 0.05) is 13.1 Å². The Balaban J connectivity index is 1.53. The normalized spacial score (nSPS) is 23.3. The van der Waals surface area contributed by atoms with Crippen molar-refractivity contribution in [3.05, 3.63) is 29.8 Å². The summed E-state index contributed by atoms with van der Waals surface area (Å²) in [6.07, 6.45) is 6.29. The summed E-state index contributed by atoms with van der Waals surface area (Å²) in [5.41, 5.74) is 0.457. The Kier molecular flexibility index (Phi) is 5.38. The number of fused-ring (bicyclic) bond motifs is 1. The first-order chi connectivity index (χ1) is 11.7. The lowest BCUT2D eigenvalue weighted by atomic mass is 9.75. The van der Waals surface area contributed by atoms with E-state index in [1.807, 2.05) is 11.0 Å². The summed E-state index contributed by atoms with van der Waals surface area (Å²) in [7, 11) is 1.53. The van der Waals surface area contributed by atoms with Crippen molar-refractivity contribution in [2.24, 2.45) is 11.8 Å². The number of nitrogens with zero attached hydrogens (tertiary/aromatic N) is 1. The summed E-state index contributed by atoms with van der Waals surface area (Å²) < 4.78 is 5.19. The molecular formula is C19H26N2O3. The van der Waals surface area contributed by atoms with E-state index in [2.05, 4.69) is 5.32 Å². The number of amides is 2. The molecule has 1 aromatic rings. The third-order valence-electron chi connectivity index (χ3n) is 5.40. The predicted molar refractivity (Wildman–Crippen MR) is 92.0 cm³/mol. The number of piperidine rings is 1. The van der Waals surface area contributed by atoms with Crippen LogP contribution < -0.4 is 10.1 Å². The highest BCUT2D eigenvalue weighted by molar-refractivity contribution is 5.98. The van der Waals surface area contributed by atoms with E-state index in [0.717, 1.165) is 25.4 Å². The van der Waals surface area contributed by atoms with Gasteiger partial charge < -0.3 is 15.0 Å². The Morgan fingerprint density at radius 1 is 1.17 bits per heavy atom. The number of hydrogen-bond acceptors (Lipinski definition) is 3. The van der Waals surface area contributed by atoms with E-state index < -0.39 is 0 Å². The highest BCUT2D eigenvalue weighted by Crippen LogP contribution is 2.35. The molecular weight excluding hydrogens is 304 g/mol. The summed E-state index contributed by atoms with van der Waals surface area (Å²) in [6, 6.07) is 7.04. The molecule has 1 aliphatic heterocycles. The molecule has 2 atom stereocenters. The number of likely N-dealkylation sites (tertiary alicyclic amines) is 1. The zero-order valence-electron chi connectivity index (χ0n) is 14.3. The zero-order valence-corrected chi connectivity index (χ0v) is 14.3. The van der Waals surface area contributed by atoms with Gasteiger partial charge in [0.2, 0.25) is 5.91 Å². The maximum Gasteiger partial charge on any atom is 0.255 e. The maximum absolute atomic E-state index is 12.4. The quantitative estimate of drug-likeness (QED) is 0.922. The van der Waals surface area contributed by atoms with Crippen molar-refractivity contribution < 1.29 is 14.3 Å². The second-order valence-corrected chi connectivity index (χ2v) is 6.82. The molecule has 1 heterocycles. The molecule has 1 N–H and O–H groups in total. The minimum absolute atomic E-state index is 0.0160. The monoisotopic (exact) mass is 330 g/mol. The van der Waals surface area contributed by atoms with Gasteiger partial charge in [-0.1, -0.05) is 31.4 Å². The van der Waals surface area contributed by atoms with Crippen LogP contribution in [-0.4, -0.2) is 43.5 Å². The highest BCUT2D eigenvalue weighted by Gasteiger charge is 2.32. The van der Waals surface area contributed by atoms with Crippen molar-refractivity contribution in [1.29, 1.82) is 0 Å². The van der Waals surface area contributed by atoms with Crippen molar-refractivity contribution in [1.82, 2.24) is 10.2 Å². The highest BCUT2D eigenvalue weighted by atomic mass is 16.5. The van der Waals surface area contributed by atoms with E-state index in [1.165, 1.54) is 32.8 Å². The van der Waals surface area contributed by atoms with Gasteiger partial charge in [-0.15, -0.1) is 0 Å². The second kappa shape index (κ2) is 7.69. The van der Waals surface area contributed by atoms with Crippen molar-refractivity contribution in [2.75, 3.05) is 26.7 Å². The van der Waals surface area contributed by atoms with Crippen LogP contribution in [0.15, 0.2) is 24.3 Å². The van der Waals surface area contributed by atoms with Crippen molar-refractivity contribution >= 4 is 11.8 Å². The fraction of sp³-hybridized carbons (Fsp3) is 0.579. The number of carbonyl (C=O) groups is 2. The lowest BCUT2D eigenvalue weighted by Crippen LogP contribution is -2.48. The van der Waals surface area contributed by atoms with Crippen LogP contribution in [-0.2, 0) is 4.79 Å². The molecule has 5 heteroatoms. The van der Waals surface area contributed by atoms with Crippen molar-refractivity contribution in [3.63, 3.8) is 0 Å². The number of ether oxygens (including phenoxy) is 1. The van der Waals surface area contributed by atoms with Crippen LogP contribution in [0.3, 0.4) is 0 Å². The fourth-order valence-corrected chi connectivity index (χ4v) is 4.02. The van der Waals surface area contributed by atoms with E-state index in [-0.39, 0.29) is 18.4 Å². The van der Waals surface area contributed by atoms with Crippen LogP contribution in [0.5, 0.6) is 5.75 Å². The standard InChI is InChI=1S/C19H26N2O3/c1-24-17-9-5-4-8-16(17)19(23)20-12-18(22)21-11-10-14-6-2-3-7-15(14)13-21/h4-5,8-9,14-15H,2-3,6-7,10-13H2,1H3,(H,20,23)/t14-,15+/m1/s1. The molecule has 0 unspecified atom stereocenters. The summed E-state index contributed by atoms with van der Waals surface area (Å²) in [6.45, 7) is 1.73. The van der Waals surface area contributed by atoms with Gasteiger partial charge in [0.05, 0.1) is 19.2 Å². The van der Waals surface area contributed by atoms with Gasteiger partial charge in [-0.2, -0.15) is 0 Å². The Bertz CT molecular complexity index is 602. The molecule has 5 nitrogen and oxygen atoms in total. The molecule has 1 saturated heterocycles. The average molecular weight is 330 g/mol. The van der Waals surface area contributed by atoms with E-state index >= 15 is 0 Å². The van der Waals surface area contributed by atoms with E-state index in [4.69, 9.17) is 4.74 Å². The van der Waals surface area contributed by atoms with Gasteiger partial charge in [-0.25, -0.2) is 0 Å². The summed E-state index contributed by atoms with van der Waals surface area (Å²) in [5, 5.41) is 2.73. The molecule has 0 aromatic heterocycles. The van der Waals surface area contributed by atoms with Crippen LogP contribution in [0.2, 0.25) is 0 Å². The third kappa shape index (κ3) is 3.71. The number of benzene rings is 1. The summed E-state index contributed by atoms with van der Waals surface area (Å²) >= 11 is 0. The van der Waals surface area contributed by atoms with Crippen molar-refractivity contribution in [2.45, 2.75) is 32.1 Å². The summed E-state index contributed by atoms with van der Waals surface area (Å²) in [4.78, 5) is 26.6. The molecule has 1 aliphatic carbocycles. The molecule has 1 aromatic carbocycles. The molecule has 2 aliphatic rings. The third-order valence-corrected chi connectivity index (χ3v) is 5.40. The molecule has 1 saturated carbocycles. The largest absolute Gasteiger partial charge is 0.496 e. The Labute approximate surface area is 143 Å². The zero-order chi connectivity index (χ0) is 16.9. The average Bonchev–Trinajstić information content (AvgIpc) is 2.65. The van der Waals surface area contributed by atoms with E-state index in [0.29, 0.717) is 17.2 Å². The molecule has 0 radical (unpaired) electrons. The molecule has 0 bridgehead atoms. The van der Waals surface area contributed by atoms with Crippen LogP contribution in [0, 0.1) is 11.8 Å². The van der Waals surface area contributed by atoms with Gasteiger partial charge in [0.15, 0.2) is 0 Å². The Hall–Kier alpha value is -2.04. The number of carbonyl (C=O) groups excluding carboxylic acids is 2. The first-order valence-corrected chi connectivity index (χ1v) is 8.88. The predicted octanol–water partition coefficient (Wildman–Crippen LogP) is 2.46. The minimum atomic E-state index is -0.270. The topological polar surface area (TPSA) is 58.6 Å². The molecule has 0 spiro atoms. The smallest absolute Gasteiger partial charge is 0.255 e. The van der Waals surface area contributed by atoms with Gasteiger partial charge in [0.1, 0.15) is 5.75 Å². The molecule has 130 valence electrons.